The molecule has 0 heterocycles. The molecule has 0 unspecified atom stereocenters. The number of carboxylic acid groups (broad SMARTS) is 1. The molecule has 6 nitrogen and oxygen atoms in total. The predicted molar refractivity (Wildman–Crippen MR) is 94.5 cm³/mol. The maximum atomic E-state index is 12.0. The number of nitrogens with one attached hydrogen (secondary N) is 2. The van der Waals surface area contributed by atoms with E-state index in [0.717, 1.165) is 5.56 Å². The predicted octanol–water partition coefficient (Wildman–Crippen LogP) is 2.45. The number of carboxylic acids is 1. The van der Waals surface area contributed by atoms with Gasteiger partial charge >= 0.3 is 5.97 Å². The molecule has 0 aliphatic heterocycles. The molecule has 24 heavy (non-hydrogen) atoms. The van der Waals surface area contributed by atoms with Gasteiger partial charge in [-0.25, -0.2) is 4.79 Å². The normalized spacial score (nSPS) is 9.88. The number of carbonyl (C=O) groups is 2. The first kappa shape index (κ1) is 17.4. The van der Waals surface area contributed by atoms with Crippen LogP contribution in [0.15, 0.2) is 48.5 Å². The molecule has 0 bridgehead atoms. The highest BCUT2D eigenvalue weighted by Crippen LogP contribution is 2.25. The van der Waals surface area contributed by atoms with Crippen LogP contribution in [0.4, 0.5) is 5.69 Å². The lowest BCUT2D eigenvalue weighted by molar-refractivity contribution is -0.119. The molecule has 7 heteroatoms. The lowest BCUT2D eigenvalue weighted by Gasteiger charge is -2.13. The quantitative estimate of drug-likeness (QED) is 0.722. The van der Waals surface area contributed by atoms with E-state index >= 15 is 0 Å². The summed E-state index contributed by atoms with van der Waals surface area (Å²) in [7, 11) is 1.46. The van der Waals surface area contributed by atoms with E-state index in [1.54, 1.807) is 0 Å². The fourth-order valence-electron chi connectivity index (χ4n) is 2.04. The Hall–Kier alpha value is -2.93. The molecule has 2 aromatic carbocycles. The first-order valence-corrected chi connectivity index (χ1v) is 7.46. The molecule has 1 amide bonds. The van der Waals surface area contributed by atoms with Gasteiger partial charge in [0, 0.05) is 0 Å². The SMILES string of the molecule is COc1ccc(C(=O)O)cc1NC(=S)NC(=O)Cc1ccccc1. The van der Waals surface area contributed by atoms with Crippen molar-refractivity contribution in [1.29, 1.82) is 0 Å². The molecule has 124 valence electrons. The zero-order chi connectivity index (χ0) is 17.5. The fourth-order valence-corrected chi connectivity index (χ4v) is 2.27. The summed E-state index contributed by atoms with van der Waals surface area (Å²) in [5, 5.41) is 14.5. The average molecular weight is 344 g/mol. The van der Waals surface area contributed by atoms with Gasteiger partial charge in [-0.15, -0.1) is 0 Å². The van der Waals surface area contributed by atoms with Crippen molar-refractivity contribution in [2.45, 2.75) is 6.42 Å². The molecule has 0 aliphatic rings. The van der Waals surface area contributed by atoms with E-state index in [0.29, 0.717) is 11.4 Å². The number of rotatable bonds is 5. The van der Waals surface area contributed by atoms with Crippen molar-refractivity contribution in [1.82, 2.24) is 5.32 Å². The number of hydrogen-bond donors (Lipinski definition) is 3. The van der Waals surface area contributed by atoms with E-state index in [2.05, 4.69) is 10.6 Å². The van der Waals surface area contributed by atoms with E-state index in [4.69, 9.17) is 22.1 Å². The van der Waals surface area contributed by atoms with Crippen LogP contribution in [0.1, 0.15) is 15.9 Å². The van der Waals surface area contributed by atoms with Crippen molar-refractivity contribution in [3.8, 4) is 5.75 Å². The first-order chi connectivity index (χ1) is 11.5. The Balaban J connectivity index is 2.02. The van der Waals surface area contributed by atoms with Crippen LogP contribution in [-0.4, -0.2) is 29.2 Å². The van der Waals surface area contributed by atoms with Crippen LogP contribution in [0, 0.1) is 0 Å². The highest BCUT2D eigenvalue weighted by atomic mass is 32.1. The zero-order valence-electron chi connectivity index (χ0n) is 12.9. The second-order valence-corrected chi connectivity index (χ2v) is 5.29. The van der Waals surface area contributed by atoms with Crippen molar-refractivity contribution in [2.75, 3.05) is 12.4 Å². The second kappa shape index (κ2) is 8.07. The third-order valence-corrected chi connectivity index (χ3v) is 3.36. The van der Waals surface area contributed by atoms with Gasteiger partial charge in [0.25, 0.3) is 0 Å². The van der Waals surface area contributed by atoms with Gasteiger partial charge in [0.2, 0.25) is 5.91 Å². The van der Waals surface area contributed by atoms with Crippen molar-refractivity contribution < 1.29 is 19.4 Å². The maximum absolute atomic E-state index is 12.0. The van der Waals surface area contributed by atoms with Gasteiger partial charge in [0.1, 0.15) is 5.75 Å². The van der Waals surface area contributed by atoms with Crippen LogP contribution < -0.4 is 15.4 Å². The van der Waals surface area contributed by atoms with E-state index in [-0.39, 0.29) is 23.0 Å². The minimum atomic E-state index is -1.07. The standard InChI is InChI=1S/C17H16N2O4S/c1-23-14-8-7-12(16(21)22)10-13(14)18-17(24)19-15(20)9-11-5-3-2-4-6-11/h2-8,10H,9H2,1H3,(H,21,22)(H2,18,19,20,24). The lowest BCUT2D eigenvalue weighted by atomic mass is 10.1. The topological polar surface area (TPSA) is 87.7 Å². The van der Waals surface area contributed by atoms with Gasteiger partial charge in [-0.1, -0.05) is 30.3 Å². The smallest absolute Gasteiger partial charge is 0.335 e. The summed E-state index contributed by atoms with van der Waals surface area (Å²) in [6, 6.07) is 13.6. The molecule has 0 aliphatic carbocycles. The minimum absolute atomic E-state index is 0.0665. The summed E-state index contributed by atoms with van der Waals surface area (Å²) in [4.78, 5) is 23.0. The third kappa shape index (κ3) is 4.79. The van der Waals surface area contributed by atoms with Gasteiger partial charge in [0.05, 0.1) is 24.8 Å². The molecule has 0 saturated heterocycles. The molecule has 0 aromatic heterocycles. The second-order valence-electron chi connectivity index (χ2n) is 4.88. The lowest BCUT2D eigenvalue weighted by Crippen LogP contribution is -2.35. The molecular weight excluding hydrogens is 328 g/mol. The highest BCUT2D eigenvalue weighted by molar-refractivity contribution is 7.80. The Morgan fingerprint density at radius 2 is 1.88 bits per heavy atom. The number of anilines is 1. The first-order valence-electron chi connectivity index (χ1n) is 7.05. The van der Waals surface area contributed by atoms with Crippen LogP contribution in [0.3, 0.4) is 0 Å². The number of thiocarbonyl (C=S) groups is 1. The summed E-state index contributed by atoms with van der Waals surface area (Å²) < 4.78 is 5.15. The molecular formula is C17H16N2O4S. The molecule has 0 saturated carbocycles. The third-order valence-electron chi connectivity index (χ3n) is 3.16. The Morgan fingerprint density at radius 1 is 1.17 bits per heavy atom. The number of hydrogen-bond acceptors (Lipinski definition) is 4. The molecule has 0 fully saturated rings. The zero-order valence-corrected chi connectivity index (χ0v) is 13.7. The van der Waals surface area contributed by atoms with Crippen LogP contribution in [0.25, 0.3) is 0 Å². The Bertz CT molecular complexity index is 762. The van der Waals surface area contributed by atoms with Crippen LogP contribution >= 0.6 is 12.2 Å². The van der Waals surface area contributed by atoms with Gasteiger partial charge in [-0.05, 0) is 36.0 Å². The highest BCUT2D eigenvalue weighted by Gasteiger charge is 2.12. The molecule has 2 aromatic rings. The van der Waals surface area contributed by atoms with Gasteiger partial charge in [-0.2, -0.15) is 0 Å². The Kier molecular flexibility index (Phi) is 5.86. The average Bonchev–Trinajstić information content (AvgIpc) is 2.55. The van der Waals surface area contributed by atoms with E-state index < -0.39 is 5.97 Å². The number of benzene rings is 2. The Labute approximate surface area is 144 Å². The number of methoxy groups -OCH3 is 1. The van der Waals surface area contributed by atoms with Crippen molar-refractivity contribution >= 4 is 34.9 Å². The molecule has 0 radical (unpaired) electrons. The molecule has 0 spiro atoms. The van der Waals surface area contributed by atoms with Crippen molar-refractivity contribution in [3.05, 3.63) is 59.7 Å². The molecule has 3 N–H and O–H groups in total. The van der Waals surface area contributed by atoms with Crippen molar-refractivity contribution in [2.24, 2.45) is 0 Å². The molecule has 0 atom stereocenters. The maximum Gasteiger partial charge on any atom is 0.335 e. The number of carbonyl (C=O) groups excluding carboxylic acids is 1. The molecule has 2 rings (SSSR count). The van der Waals surface area contributed by atoms with Gasteiger partial charge in [0.15, 0.2) is 5.11 Å². The summed E-state index contributed by atoms with van der Waals surface area (Å²) in [5.74, 6) is -0.925. The monoisotopic (exact) mass is 344 g/mol. The summed E-state index contributed by atoms with van der Waals surface area (Å²) >= 11 is 5.10. The number of amides is 1. The summed E-state index contributed by atoms with van der Waals surface area (Å²) in [6.45, 7) is 0. The van der Waals surface area contributed by atoms with Crippen LogP contribution in [0.5, 0.6) is 5.75 Å². The van der Waals surface area contributed by atoms with Crippen LogP contribution in [0.2, 0.25) is 0 Å². The summed E-state index contributed by atoms with van der Waals surface area (Å²) in [5.41, 5.74) is 1.31. The summed E-state index contributed by atoms with van der Waals surface area (Å²) in [6.07, 6.45) is 0.189. The van der Waals surface area contributed by atoms with E-state index in [1.165, 1.54) is 25.3 Å². The van der Waals surface area contributed by atoms with E-state index in [1.807, 2.05) is 30.3 Å². The van der Waals surface area contributed by atoms with Gasteiger partial charge in [-0.3, -0.25) is 4.79 Å². The fraction of sp³-hybridized carbons (Fsp3) is 0.118. The minimum Gasteiger partial charge on any atom is -0.495 e. The van der Waals surface area contributed by atoms with E-state index in [9.17, 15) is 9.59 Å². The van der Waals surface area contributed by atoms with Crippen LogP contribution in [-0.2, 0) is 11.2 Å². The number of ether oxygens (including phenoxy) is 1. The largest absolute Gasteiger partial charge is 0.495 e. The number of aromatic carboxylic acids is 1. The Morgan fingerprint density at radius 3 is 2.50 bits per heavy atom. The van der Waals surface area contributed by atoms with Crippen molar-refractivity contribution in [3.63, 3.8) is 0 Å². The van der Waals surface area contributed by atoms with Gasteiger partial charge < -0.3 is 20.5 Å².